The molecule has 1 aliphatic carbocycles. The number of piperidine rings is 1. The fourth-order valence-electron chi connectivity index (χ4n) is 2.78. The van der Waals surface area contributed by atoms with Crippen LogP contribution in [0.4, 0.5) is 5.82 Å². The second-order valence-corrected chi connectivity index (χ2v) is 4.63. The third kappa shape index (κ3) is 1.43. The first-order valence-corrected chi connectivity index (χ1v) is 5.64. The summed E-state index contributed by atoms with van der Waals surface area (Å²) in [6.45, 7) is 0.884. The first kappa shape index (κ1) is 9.57. The maximum absolute atomic E-state index is 12.1. The van der Waals surface area contributed by atoms with Gasteiger partial charge >= 0.3 is 0 Å². The van der Waals surface area contributed by atoms with Crippen LogP contribution in [0, 0.1) is 5.92 Å². The number of carbonyl (C=O) groups excluding carboxylic acids is 1. The molecule has 16 heavy (non-hydrogen) atoms. The number of anilines is 1. The number of carbonyl (C=O) groups is 1. The van der Waals surface area contributed by atoms with Crippen LogP contribution in [0.3, 0.4) is 0 Å². The third-order valence-electron chi connectivity index (χ3n) is 3.57. The van der Waals surface area contributed by atoms with E-state index in [2.05, 4.69) is 10.2 Å². The molecule has 0 radical (unpaired) electrons. The molecule has 5 nitrogen and oxygen atoms in total. The molecule has 1 aromatic heterocycles. The second kappa shape index (κ2) is 3.43. The summed E-state index contributed by atoms with van der Waals surface area (Å²) in [5.41, 5.74) is 5.85. The average molecular weight is 218 g/mol. The molecule has 2 heterocycles. The average Bonchev–Trinajstić information content (AvgIpc) is 2.91. The number of nitrogen functional groups attached to an aromatic ring is 1. The van der Waals surface area contributed by atoms with Gasteiger partial charge in [0.1, 0.15) is 5.82 Å². The normalized spacial score (nSPS) is 27.4. The van der Waals surface area contributed by atoms with Crippen molar-refractivity contribution in [2.24, 2.45) is 5.92 Å². The molecule has 0 spiro atoms. The van der Waals surface area contributed by atoms with Crippen molar-refractivity contribution in [3.8, 4) is 0 Å². The number of rotatable bonds is 1. The Bertz CT molecular complexity index is 416. The van der Waals surface area contributed by atoms with Crippen LogP contribution in [0.2, 0.25) is 0 Å². The molecule has 1 amide bonds. The van der Waals surface area contributed by atoms with E-state index < -0.39 is 0 Å². The monoisotopic (exact) mass is 218 g/mol. The van der Waals surface area contributed by atoms with Crippen LogP contribution in [0.25, 0.3) is 0 Å². The number of likely N-dealkylation sites (tertiary alicyclic amines) is 1. The van der Waals surface area contributed by atoms with Crippen molar-refractivity contribution in [3.63, 3.8) is 0 Å². The number of amides is 1. The van der Waals surface area contributed by atoms with Crippen LogP contribution >= 0.6 is 0 Å². The first-order chi connectivity index (χ1) is 7.74. The fraction of sp³-hybridized carbons (Fsp3) is 0.545. The second-order valence-electron chi connectivity index (χ2n) is 4.63. The van der Waals surface area contributed by atoms with E-state index in [1.165, 1.54) is 6.42 Å². The van der Waals surface area contributed by atoms with Gasteiger partial charge in [-0.1, -0.05) is 0 Å². The Balaban J connectivity index is 1.80. The van der Waals surface area contributed by atoms with Crippen LogP contribution in [0.1, 0.15) is 29.8 Å². The van der Waals surface area contributed by atoms with Gasteiger partial charge in [0.15, 0.2) is 5.69 Å². The van der Waals surface area contributed by atoms with Gasteiger partial charge in [-0.2, -0.15) is 0 Å². The van der Waals surface area contributed by atoms with Gasteiger partial charge < -0.3 is 10.6 Å². The van der Waals surface area contributed by atoms with E-state index in [-0.39, 0.29) is 5.91 Å². The Morgan fingerprint density at radius 2 is 2.25 bits per heavy atom. The largest absolute Gasteiger partial charge is 0.382 e. The minimum absolute atomic E-state index is 0.000278. The molecule has 3 rings (SSSR count). The SMILES string of the molecule is Nc1ccc(C(=O)N2CC3CCC2C3)nn1. The summed E-state index contributed by atoms with van der Waals surface area (Å²) in [6.07, 6.45) is 3.56. The molecule has 0 aromatic carbocycles. The summed E-state index contributed by atoms with van der Waals surface area (Å²) in [7, 11) is 0. The molecular weight excluding hydrogens is 204 g/mol. The highest BCUT2D eigenvalue weighted by Gasteiger charge is 2.40. The Labute approximate surface area is 93.6 Å². The van der Waals surface area contributed by atoms with Crippen molar-refractivity contribution >= 4 is 11.7 Å². The Morgan fingerprint density at radius 1 is 1.38 bits per heavy atom. The van der Waals surface area contributed by atoms with Gasteiger partial charge in [0.05, 0.1) is 0 Å². The lowest BCUT2D eigenvalue weighted by Gasteiger charge is -2.26. The molecule has 2 N–H and O–H groups in total. The summed E-state index contributed by atoms with van der Waals surface area (Å²) < 4.78 is 0. The first-order valence-electron chi connectivity index (χ1n) is 5.64. The highest BCUT2D eigenvalue weighted by atomic mass is 16.2. The van der Waals surface area contributed by atoms with E-state index in [1.54, 1.807) is 12.1 Å². The zero-order valence-corrected chi connectivity index (χ0v) is 8.97. The Kier molecular flexibility index (Phi) is 2.05. The summed E-state index contributed by atoms with van der Waals surface area (Å²) in [4.78, 5) is 14.1. The molecule has 2 atom stereocenters. The molecule has 1 aromatic rings. The van der Waals surface area contributed by atoms with Crippen molar-refractivity contribution in [3.05, 3.63) is 17.8 Å². The highest BCUT2D eigenvalue weighted by molar-refractivity contribution is 5.92. The zero-order valence-electron chi connectivity index (χ0n) is 8.97. The van der Waals surface area contributed by atoms with Gasteiger partial charge in [0.25, 0.3) is 5.91 Å². The maximum atomic E-state index is 12.1. The van der Waals surface area contributed by atoms with Gasteiger partial charge in [-0.15, -0.1) is 10.2 Å². The van der Waals surface area contributed by atoms with Crippen molar-refractivity contribution in [1.29, 1.82) is 0 Å². The minimum atomic E-state index is -0.000278. The van der Waals surface area contributed by atoms with Crippen LogP contribution in [-0.2, 0) is 0 Å². The summed E-state index contributed by atoms with van der Waals surface area (Å²) in [6, 6.07) is 3.70. The molecule has 1 saturated carbocycles. The van der Waals surface area contributed by atoms with E-state index in [9.17, 15) is 4.79 Å². The lowest BCUT2D eigenvalue weighted by atomic mass is 10.1. The molecule has 2 fully saturated rings. The molecule has 1 aliphatic heterocycles. The maximum Gasteiger partial charge on any atom is 0.274 e. The van der Waals surface area contributed by atoms with Crippen molar-refractivity contribution in [2.75, 3.05) is 12.3 Å². The van der Waals surface area contributed by atoms with Crippen molar-refractivity contribution in [2.45, 2.75) is 25.3 Å². The van der Waals surface area contributed by atoms with Gasteiger partial charge in [-0.05, 0) is 37.3 Å². The molecule has 1 saturated heterocycles. The number of nitrogens with two attached hydrogens (primary N) is 1. The molecule has 5 heteroatoms. The smallest absolute Gasteiger partial charge is 0.274 e. The van der Waals surface area contributed by atoms with E-state index in [0.29, 0.717) is 23.5 Å². The predicted molar refractivity (Wildman–Crippen MR) is 58.6 cm³/mol. The van der Waals surface area contributed by atoms with Crippen LogP contribution in [0.5, 0.6) is 0 Å². The van der Waals surface area contributed by atoms with Crippen molar-refractivity contribution in [1.82, 2.24) is 15.1 Å². The topological polar surface area (TPSA) is 72.1 Å². The number of aromatic nitrogens is 2. The highest BCUT2D eigenvalue weighted by Crippen LogP contribution is 2.37. The van der Waals surface area contributed by atoms with Crippen LogP contribution in [-0.4, -0.2) is 33.6 Å². The molecule has 2 unspecified atom stereocenters. The van der Waals surface area contributed by atoms with Gasteiger partial charge in [0, 0.05) is 12.6 Å². The summed E-state index contributed by atoms with van der Waals surface area (Å²) in [5, 5.41) is 7.55. The Morgan fingerprint density at radius 3 is 2.81 bits per heavy atom. The lowest BCUT2D eigenvalue weighted by Crippen LogP contribution is -2.38. The number of fused-ring (bicyclic) bond motifs is 2. The fourth-order valence-corrected chi connectivity index (χ4v) is 2.78. The quantitative estimate of drug-likeness (QED) is 0.752. The van der Waals surface area contributed by atoms with Crippen molar-refractivity contribution < 1.29 is 4.79 Å². The third-order valence-corrected chi connectivity index (χ3v) is 3.57. The van der Waals surface area contributed by atoms with Gasteiger partial charge in [0.2, 0.25) is 0 Å². The Hall–Kier alpha value is -1.65. The lowest BCUT2D eigenvalue weighted by molar-refractivity contribution is 0.0696. The molecular formula is C11H14N4O. The summed E-state index contributed by atoms with van der Waals surface area (Å²) in [5.74, 6) is 1.05. The van der Waals surface area contributed by atoms with E-state index >= 15 is 0 Å². The minimum Gasteiger partial charge on any atom is -0.382 e. The van der Waals surface area contributed by atoms with Gasteiger partial charge in [-0.3, -0.25) is 4.79 Å². The van der Waals surface area contributed by atoms with Gasteiger partial charge in [-0.25, -0.2) is 0 Å². The number of hydrogen-bond donors (Lipinski definition) is 1. The predicted octanol–water partition coefficient (Wildman–Crippen LogP) is 0.683. The standard InChI is InChI=1S/C11H14N4O/c12-10-4-3-9(13-14-10)11(16)15-6-7-1-2-8(15)5-7/h3-4,7-8H,1-2,5-6H2,(H2,12,14). The molecule has 2 aliphatic rings. The summed E-state index contributed by atoms with van der Waals surface area (Å²) >= 11 is 0. The van der Waals surface area contributed by atoms with E-state index in [1.807, 2.05) is 4.90 Å². The van der Waals surface area contributed by atoms with Crippen LogP contribution in [0.15, 0.2) is 12.1 Å². The van der Waals surface area contributed by atoms with E-state index in [0.717, 1.165) is 19.4 Å². The number of nitrogens with zero attached hydrogens (tertiary/aromatic N) is 3. The van der Waals surface area contributed by atoms with E-state index in [4.69, 9.17) is 5.73 Å². The zero-order chi connectivity index (χ0) is 11.1. The molecule has 2 bridgehead atoms. The molecule has 84 valence electrons. The van der Waals surface area contributed by atoms with Crippen LogP contribution < -0.4 is 5.73 Å². The number of hydrogen-bond acceptors (Lipinski definition) is 4.